The van der Waals surface area contributed by atoms with Gasteiger partial charge >= 0.3 is 5.97 Å². The van der Waals surface area contributed by atoms with Crippen LogP contribution in [-0.4, -0.2) is 24.9 Å². The summed E-state index contributed by atoms with van der Waals surface area (Å²) in [7, 11) is 0. The molecule has 0 aliphatic carbocycles. The van der Waals surface area contributed by atoms with E-state index in [2.05, 4.69) is 18.2 Å². The van der Waals surface area contributed by atoms with Gasteiger partial charge in [-0.25, -0.2) is 4.79 Å². The van der Waals surface area contributed by atoms with Crippen molar-refractivity contribution in [1.82, 2.24) is 0 Å². The molecule has 3 aromatic carbocycles. The van der Waals surface area contributed by atoms with E-state index in [1.165, 1.54) is 5.56 Å². The summed E-state index contributed by atoms with van der Waals surface area (Å²) in [6.45, 7) is 2.87. The van der Waals surface area contributed by atoms with Gasteiger partial charge in [-0.2, -0.15) is 11.8 Å². The Morgan fingerprint density at radius 2 is 1.71 bits per heavy atom. The fourth-order valence-electron chi connectivity index (χ4n) is 2.87. The van der Waals surface area contributed by atoms with E-state index < -0.39 is 0 Å². The fraction of sp³-hybridized carbons (Fsp3) is 0.208. The molecule has 3 aromatic rings. The molecule has 0 unspecified atom stereocenters. The van der Waals surface area contributed by atoms with Crippen LogP contribution >= 0.6 is 11.8 Å². The Kier molecular flexibility index (Phi) is 7.56. The van der Waals surface area contributed by atoms with Crippen molar-refractivity contribution in [2.24, 2.45) is 0 Å². The van der Waals surface area contributed by atoms with E-state index in [1.807, 2.05) is 73.3 Å². The largest absolute Gasteiger partial charge is 0.493 e. The molecule has 0 aliphatic heterocycles. The van der Waals surface area contributed by atoms with Crippen LogP contribution in [0, 0.1) is 0 Å². The first-order valence-electron chi connectivity index (χ1n) is 9.39. The second kappa shape index (κ2) is 10.6. The summed E-state index contributed by atoms with van der Waals surface area (Å²) in [5.41, 5.74) is 4.00. The van der Waals surface area contributed by atoms with Crippen molar-refractivity contribution in [3.05, 3.63) is 90.0 Å². The third-order valence-corrected chi connectivity index (χ3v) is 5.17. The first-order chi connectivity index (χ1) is 13.8. The molecule has 0 saturated carbocycles. The molecule has 0 bridgehead atoms. The van der Waals surface area contributed by atoms with Crippen molar-refractivity contribution < 1.29 is 14.3 Å². The fourth-order valence-corrected chi connectivity index (χ4v) is 3.69. The molecule has 0 aromatic heterocycles. The Labute approximate surface area is 170 Å². The number of esters is 1. The Hall–Kier alpha value is -2.72. The molecule has 0 N–H and O–H groups in total. The zero-order valence-electron chi connectivity index (χ0n) is 16.0. The predicted octanol–water partition coefficient (Wildman–Crippen LogP) is 5.84. The van der Waals surface area contributed by atoms with Crippen molar-refractivity contribution in [2.75, 3.05) is 19.0 Å². The lowest BCUT2D eigenvalue weighted by atomic mass is 9.99. The SMILES string of the molecule is CCOC(=O)c1cccc(-c2ccccc2CSCCOc2ccccc2)c1. The molecule has 4 heteroatoms. The zero-order chi connectivity index (χ0) is 19.6. The van der Waals surface area contributed by atoms with Crippen LogP contribution in [0.2, 0.25) is 0 Å². The van der Waals surface area contributed by atoms with Gasteiger partial charge in [-0.15, -0.1) is 0 Å². The first-order valence-corrected chi connectivity index (χ1v) is 10.5. The second-order valence-corrected chi connectivity index (χ2v) is 7.28. The Balaban J connectivity index is 1.61. The number of ether oxygens (including phenoxy) is 2. The highest BCUT2D eigenvalue weighted by Gasteiger charge is 2.10. The summed E-state index contributed by atoms with van der Waals surface area (Å²) < 4.78 is 10.9. The van der Waals surface area contributed by atoms with Crippen molar-refractivity contribution in [3.63, 3.8) is 0 Å². The van der Waals surface area contributed by atoms with Crippen molar-refractivity contribution >= 4 is 17.7 Å². The highest BCUT2D eigenvalue weighted by atomic mass is 32.2. The number of carbonyl (C=O) groups excluding carboxylic acids is 1. The summed E-state index contributed by atoms with van der Waals surface area (Å²) >= 11 is 1.84. The maximum Gasteiger partial charge on any atom is 0.338 e. The van der Waals surface area contributed by atoms with Gasteiger partial charge in [-0.3, -0.25) is 0 Å². The Morgan fingerprint density at radius 1 is 0.929 bits per heavy atom. The van der Waals surface area contributed by atoms with Crippen LogP contribution < -0.4 is 4.74 Å². The van der Waals surface area contributed by atoms with Crippen molar-refractivity contribution in [1.29, 1.82) is 0 Å². The van der Waals surface area contributed by atoms with Gasteiger partial charge in [0, 0.05) is 11.5 Å². The molecule has 0 atom stereocenters. The Bertz CT molecular complexity index is 893. The standard InChI is InChI=1S/C24H24O3S/c1-2-26-24(25)20-11-8-10-19(17-20)23-14-7-6-9-21(23)18-28-16-15-27-22-12-4-3-5-13-22/h3-14,17H,2,15-16,18H2,1H3. The minimum absolute atomic E-state index is 0.283. The molecule has 144 valence electrons. The van der Waals surface area contributed by atoms with Crippen LogP contribution in [0.15, 0.2) is 78.9 Å². The van der Waals surface area contributed by atoms with Crippen molar-refractivity contribution in [2.45, 2.75) is 12.7 Å². The molecule has 0 spiro atoms. The number of rotatable bonds is 9. The third kappa shape index (κ3) is 5.64. The minimum atomic E-state index is -0.283. The quantitative estimate of drug-likeness (QED) is 0.338. The van der Waals surface area contributed by atoms with Crippen LogP contribution in [0.4, 0.5) is 0 Å². The van der Waals surface area contributed by atoms with Gasteiger partial charge in [-0.1, -0.05) is 54.6 Å². The van der Waals surface area contributed by atoms with Crippen LogP contribution in [0.1, 0.15) is 22.8 Å². The minimum Gasteiger partial charge on any atom is -0.493 e. The molecular formula is C24H24O3S. The van der Waals surface area contributed by atoms with Crippen LogP contribution in [0.25, 0.3) is 11.1 Å². The molecule has 0 amide bonds. The maximum absolute atomic E-state index is 12.0. The molecule has 0 fully saturated rings. The summed E-state index contributed by atoms with van der Waals surface area (Å²) in [5, 5.41) is 0. The summed E-state index contributed by atoms with van der Waals surface area (Å²) in [5.74, 6) is 2.41. The van der Waals surface area contributed by atoms with Gasteiger partial charge in [0.2, 0.25) is 0 Å². The van der Waals surface area contributed by atoms with E-state index in [1.54, 1.807) is 6.07 Å². The van der Waals surface area contributed by atoms with Crippen LogP contribution in [0.5, 0.6) is 5.75 Å². The molecule has 0 heterocycles. The number of benzene rings is 3. The topological polar surface area (TPSA) is 35.5 Å². The highest BCUT2D eigenvalue weighted by Crippen LogP contribution is 2.27. The zero-order valence-corrected chi connectivity index (χ0v) is 16.8. The number of carbonyl (C=O) groups is 1. The lowest BCUT2D eigenvalue weighted by Crippen LogP contribution is -2.04. The van der Waals surface area contributed by atoms with Gasteiger partial charge in [0.25, 0.3) is 0 Å². The van der Waals surface area contributed by atoms with Gasteiger partial charge in [0.15, 0.2) is 0 Å². The van der Waals surface area contributed by atoms with Gasteiger partial charge in [0.05, 0.1) is 18.8 Å². The van der Waals surface area contributed by atoms with Crippen LogP contribution in [0.3, 0.4) is 0 Å². The van der Waals surface area contributed by atoms with E-state index in [0.717, 1.165) is 28.4 Å². The molecule has 0 radical (unpaired) electrons. The van der Waals surface area contributed by atoms with E-state index in [0.29, 0.717) is 18.8 Å². The van der Waals surface area contributed by atoms with Crippen LogP contribution in [-0.2, 0) is 10.5 Å². The van der Waals surface area contributed by atoms with E-state index in [9.17, 15) is 4.79 Å². The molecule has 28 heavy (non-hydrogen) atoms. The van der Waals surface area contributed by atoms with Gasteiger partial charge in [0.1, 0.15) is 5.75 Å². The summed E-state index contributed by atoms with van der Waals surface area (Å²) in [6.07, 6.45) is 0. The lowest BCUT2D eigenvalue weighted by Gasteiger charge is -2.11. The number of para-hydroxylation sites is 1. The van der Waals surface area contributed by atoms with Gasteiger partial charge in [-0.05, 0) is 47.9 Å². The normalized spacial score (nSPS) is 10.5. The molecule has 0 aliphatic rings. The number of hydrogen-bond donors (Lipinski definition) is 0. The van der Waals surface area contributed by atoms with Gasteiger partial charge < -0.3 is 9.47 Å². The van der Waals surface area contributed by atoms with E-state index in [-0.39, 0.29) is 5.97 Å². The summed E-state index contributed by atoms with van der Waals surface area (Å²) in [4.78, 5) is 12.0. The smallest absolute Gasteiger partial charge is 0.338 e. The lowest BCUT2D eigenvalue weighted by molar-refractivity contribution is 0.0526. The Morgan fingerprint density at radius 3 is 2.54 bits per heavy atom. The van der Waals surface area contributed by atoms with Crippen molar-refractivity contribution in [3.8, 4) is 16.9 Å². The first kappa shape index (κ1) is 20.0. The highest BCUT2D eigenvalue weighted by molar-refractivity contribution is 7.98. The third-order valence-electron chi connectivity index (χ3n) is 4.20. The number of thioether (sulfide) groups is 1. The molecule has 3 rings (SSSR count). The summed E-state index contributed by atoms with van der Waals surface area (Å²) in [6, 6.07) is 25.8. The number of hydrogen-bond acceptors (Lipinski definition) is 4. The van der Waals surface area contributed by atoms with E-state index >= 15 is 0 Å². The average Bonchev–Trinajstić information content (AvgIpc) is 2.75. The maximum atomic E-state index is 12.0. The average molecular weight is 393 g/mol. The molecular weight excluding hydrogens is 368 g/mol. The monoisotopic (exact) mass is 392 g/mol. The van der Waals surface area contributed by atoms with E-state index in [4.69, 9.17) is 9.47 Å². The molecule has 0 saturated heterocycles. The predicted molar refractivity (Wildman–Crippen MR) is 116 cm³/mol. The second-order valence-electron chi connectivity index (χ2n) is 6.17. The molecule has 3 nitrogen and oxygen atoms in total.